The second kappa shape index (κ2) is 7.54. The van der Waals surface area contributed by atoms with Gasteiger partial charge in [-0.15, -0.1) is 10.2 Å². The summed E-state index contributed by atoms with van der Waals surface area (Å²) in [7, 11) is 1.99. The first-order valence-corrected chi connectivity index (χ1v) is 7.53. The van der Waals surface area contributed by atoms with E-state index >= 15 is 0 Å². The Morgan fingerprint density at radius 1 is 1.14 bits per heavy atom. The minimum absolute atomic E-state index is 0.179. The second-order valence-corrected chi connectivity index (χ2v) is 5.37. The number of rotatable bonds is 6. The van der Waals surface area contributed by atoms with Gasteiger partial charge in [0.05, 0.1) is 0 Å². The molecular weight excluding hydrogens is 276 g/mol. The monoisotopic (exact) mass is 298 g/mol. The summed E-state index contributed by atoms with van der Waals surface area (Å²) in [5, 5.41) is 11.0. The molecule has 22 heavy (non-hydrogen) atoms. The number of benzene rings is 1. The van der Waals surface area contributed by atoms with Crippen molar-refractivity contribution in [1.82, 2.24) is 10.2 Å². The minimum atomic E-state index is -0.179. The van der Waals surface area contributed by atoms with E-state index in [1.54, 1.807) is 18.2 Å². The molecule has 0 saturated carbocycles. The smallest absolute Gasteiger partial charge is 0.256 e. The van der Waals surface area contributed by atoms with Crippen LogP contribution in [0.4, 0.5) is 11.6 Å². The van der Waals surface area contributed by atoms with Gasteiger partial charge in [0.25, 0.3) is 5.91 Å². The summed E-state index contributed by atoms with van der Waals surface area (Å²) in [6.45, 7) is 5.09. The topological polar surface area (TPSA) is 58.1 Å². The third-order valence-electron chi connectivity index (χ3n) is 3.44. The van der Waals surface area contributed by atoms with Gasteiger partial charge in [0.2, 0.25) is 0 Å². The highest BCUT2D eigenvalue weighted by Crippen LogP contribution is 2.12. The van der Waals surface area contributed by atoms with E-state index < -0.39 is 0 Å². The Bertz CT molecular complexity index is 608. The fraction of sp³-hybridized carbons (Fsp3) is 0.353. The van der Waals surface area contributed by atoms with Gasteiger partial charge < -0.3 is 10.2 Å². The number of unbranched alkanes of at least 4 members (excludes halogenated alkanes) is 1. The highest BCUT2D eigenvalue weighted by atomic mass is 16.1. The van der Waals surface area contributed by atoms with Gasteiger partial charge in [-0.25, -0.2) is 0 Å². The number of hydrogen-bond acceptors (Lipinski definition) is 4. The third kappa shape index (κ3) is 4.28. The van der Waals surface area contributed by atoms with Crippen molar-refractivity contribution in [2.24, 2.45) is 0 Å². The quantitative estimate of drug-likeness (QED) is 0.889. The highest BCUT2D eigenvalue weighted by Gasteiger charge is 2.08. The molecule has 0 bridgehead atoms. The predicted molar refractivity (Wildman–Crippen MR) is 89.3 cm³/mol. The molecule has 0 spiro atoms. The van der Waals surface area contributed by atoms with Crippen molar-refractivity contribution in [2.75, 3.05) is 23.8 Å². The van der Waals surface area contributed by atoms with Crippen LogP contribution >= 0.6 is 0 Å². The standard InChI is InChI=1S/C17H22N4O/c1-4-5-12-21(3)16-11-10-15(19-20-16)18-17(22)14-8-6-13(2)7-9-14/h6-11H,4-5,12H2,1-3H3,(H,18,19,22). The zero-order valence-corrected chi connectivity index (χ0v) is 13.3. The number of amides is 1. The molecule has 0 aliphatic heterocycles. The van der Waals surface area contributed by atoms with E-state index in [0.29, 0.717) is 11.4 Å². The number of carbonyl (C=O) groups is 1. The highest BCUT2D eigenvalue weighted by molar-refractivity contribution is 6.03. The molecule has 0 unspecified atom stereocenters. The van der Waals surface area contributed by atoms with Crippen LogP contribution in [0.25, 0.3) is 0 Å². The van der Waals surface area contributed by atoms with E-state index in [2.05, 4.69) is 27.3 Å². The fourth-order valence-corrected chi connectivity index (χ4v) is 2.00. The van der Waals surface area contributed by atoms with Crippen LogP contribution in [0.2, 0.25) is 0 Å². The van der Waals surface area contributed by atoms with E-state index in [0.717, 1.165) is 30.8 Å². The van der Waals surface area contributed by atoms with Crippen LogP contribution in [0.1, 0.15) is 35.7 Å². The largest absolute Gasteiger partial charge is 0.358 e. The Hall–Kier alpha value is -2.43. The molecule has 1 aromatic heterocycles. The van der Waals surface area contributed by atoms with Crippen LogP contribution in [-0.4, -0.2) is 29.7 Å². The van der Waals surface area contributed by atoms with Crippen LogP contribution in [0, 0.1) is 6.92 Å². The van der Waals surface area contributed by atoms with E-state index in [9.17, 15) is 4.79 Å². The molecule has 2 aromatic rings. The maximum atomic E-state index is 12.1. The van der Waals surface area contributed by atoms with E-state index in [4.69, 9.17) is 0 Å². The maximum absolute atomic E-state index is 12.1. The van der Waals surface area contributed by atoms with Crippen molar-refractivity contribution in [3.05, 3.63) is 47.5 Å². The van der Waals surface area contributed by atoms with Crippen LogP contribution in [0.5, 0.6) is 0 Å². The molecule has 0 fully saturated rings. The molecule has 0 radical (unpaired) electrons. The molecule has 1 amide bonds. The zero-order chi connectivity index (χ0) is 15.9. The molecule has 5 nitrogen and oxygen atoms in total. The molecule has 0 saturated heterocycles. The van der Waals surface area contributed by atoms with Gasteiger partial charge in [-0.2, -0.15) is 0 Å². The number of nitrogens with zero attached hydrogens (tertiary/aromatic N) is 3. The van der Waals surface area contributed by atoms with Gasteiger partial charge in [-0.3, -0.25) is 4.79 Å². The average molecular weight is 298 g/mol. The summed E-state index contributed by atoms with van der Waals surface area (Å²) >= 11 is 0. The number of aryl methyl sites for hydroxylation is 1. The maximum Gasteiger partial charge on any atom is 0.256 e. The molecule has 116 valence electrons. The number of hydrogen-bond donors (Lipinski definition) is 1. The molecule has 5 heteroatoms. The van der Waals surface area contributed by atoms with E-state index in [-0.39, 0.29) is 5.91 Å². The zero-order valence-electron chi connectivity index (χ0n) is 13.3. The molecule has 2 rings (SSSR count). The van der Waals surface area contributed by atoms with Crippen molar-refractivity contribution in [1.29, 1.82) is 0 Å². The molecule has 0 aliphatic carbocycles. The van der Waals surface area contributed by atoms with Crippen LogP contribution in [0.3, 0.4) is 0 Å². The van der Waals surface area contributed by atoms with Crippen molar-refractivity contribution < 1.29 is 4.79 Å². The number of anilines is 2. The van der Waals surface area contributed by atoms with Crippen molar-refractivity contribution >= 4 is 17.5 Å². The lowest BCUT2D eigenvalue weighted by molar-refractivity contribution is 0.102. The Balaban J connectivity index is 1.98. The Morgan fingerprint density at radius 3 is 2.45 bits per heavy atom. The normalized spacial score (nSPS) is 10.3. The van der Waals surface area contributed by atoms with Gasteiger partial charge in [0.1, 0.15) is 0 Å². The number of carbonyl (C=O) groups excluding carboxylic acids is 1. The summed E-state index contributed by atoms with van der Waals surface area (Å²) in [4.78, 5) is 14.2. The number of nitrogens with one attached hydrogen (secondary N) is 1. The molecule has 0 atom stereocenters. The fourth-order valence-electron chi connectivity index (χ4n) is 2.00. The van der Waals surface area contributed by atoms with Crippen LogP contribution in [0.15, 0.2) is 36.4 Å². The summed E-state index contributed by atoms with van der Waals surface area (Å²) in [5.74, 6) is 1.08. The lowest BCUT2D eigenvalue weighted by atomic mass is 10.1. The molecule has 1 heterocycles. The SMILES string of the molecule is CCCCN(C)c1ccc(NC(=O)c2ccc(C)cc2)nn1. The summed E-state index contributed by atoms with van der Waals surface area (Å²) in [6.07, 6.45) is 2.26. The van der Waals surface area contributed by atoms with Gasteiger partial charge in [0.15, 0.2) is 11.6 Å². The third-order valence-corrected chi connectivity index (χ3v) is 3.44. The lowest BCUT2D eigenvalue weighted by Gasteiger charge is -2.16. The lowest BCUT2D eigenvalue weighted by Crippen LogP contribution is -2.20. The van der Waals surface area contributed by atoms with Gasteiger partial charge in [0, 0.05) is 19.2 Å². The van der Waals surface area contributed by atoms with Crippen molar-refractivity contribution in [2.45, 2.75) is 26.7 Å². The summed E-state index contributed by atoms with van der Waals surface area (Å²) in [5.41, 5.74) is 1.73. The predicted octanol–water partition coefficient (Wildman–Crippen LogP) is 3.27. The first-order chi connectivity index (χ1) is 10.6. The molecular formula is C17H22N4O. The average Bonchev–Trinajstić information content (AvgIpc) is 2.54. The molecule has 0 aliphatic rings. The van der Waals surface area contributed by atoms with Crippen LogP contribution in [-0.2, 0) is 0 Å². The van der Waals surface area contributed by atoms with Crippen molar-refractivity contribution in [3.63, 3.8) is 0 Å². The van der Waals surface area contributed by atoms with Crippen molar-refractivity contribution in [3.8, 4) is 0 Å². The Kier molecular flexibility index (Phi) is 5.47. The summed E-state index contributed by atoms with van der Waals surface area (Å²) in [6, 6.07) is 11.1. The summed E-state index contributed by atoms with van der Waals surface area (Å²) < 4.78 is 0. The first kappa shape index (κ1) is 15.9. The van der Waals surface area contributed by atoms with Crippen LogP contribution < -0.4 is 10.2 Å². The van der Waals surface area contributed by atoms with E-state index in [1.165, 1.54) is 0 Å². The molecule has 1 N–H and O–H groups in total. The number of aromatic nitrogens is 2. The first-order valence-electron chi connectivity index (χ1n) is 7.53. The molecule has 1 aromatic carbocycles. The minimum Gasteiger partial charge on any atom is -0.358 e. The van der Waals surface area contributed by atoms with Gasteiger partial charge >= 0.3 is 0 Å². The van der Waals surface area contributed by atoms with E-state index in [1.807, 2.05) is 32.2 Å². The second-order valence-electron chi connectivity index (χ2n) is 5.37. The Morgan fingerprint density at radius 2 is 1.86 bits per heavy atom. The van der Waals surface area contributed by atoms with Gasteiger partial charge in [-0.05, 0) is 37.6 Å². The van der Waals surface area contributed by atoms with Gasteiger partial charge in [-0.1, -0.05) is 31.0 Å². The Labute approximate surface area is 131 Å².